The van der Waals surface area contributed by atoms with E-state index in [1.54, 1.807) is 18.2 Å². The van der Waals surface area contributed by atoms with E-state index in [0.29, 0.717) is 27.5 Å². The van der Waals surface area contributed by atoms with Crippen molar-refractivity contribution in [2.45, 2.75) is 13.8 Å². The molecule has 2 N–H and O–H groups in total. The molecule has 0 aliphatic rings. The molecule has 2 aromatic rings. The topological polar surface area (TPSA) is 49.8 Å². The number of rotatable bonds is 5. The molecule has 0 spiro atoms. The van der Waals surface area contributed by atoms with E-state index < -0.39 is 0 Å². The molecule has 20 heavy (non-hydrogen) atoms. The average molecular weight is 311 g/mol. The first-order chi connectivity index (χ1) is 9.56. The maximum atomic E-state index is 6.12. The van der Waals surface area contributed by atoms with E-state index >= 15 is 0 Å². The van der Waals surface area contributed by atoms with Crippen LogP contribution in [0.2, 0.25) is 10.0 Å². The van der Waals surface area contributed by atoms with Crippen molar-refractivity contribution in [2.24, 2.45) is 5.92 Å². The van der Waals surface area contributed by atoms with Gasteiger partial charge in [0.15, 0.2) is 0 Å². The quantitative estimate of drug-likeness (QED) is 0.847. The molecule has 0 atom stereocenters. The van der Waals surface area contributed by atoms with Gasteiger partial charge in [0.1, 0.15) is 18.0 Å². The predicted molar refractivity (Wildman–Crippen MR) is 85.1 cm³/mol. The Morgan fingerprint density at radius 1 is 1.10 bits per heavy atom. The minimum atomic E-state index is 0.541. The molecule has 1 aromatic heterocycles. The van der Waals surface area contributed by atoms with Crippen LogP contribution in [0.3, 0.4) is 0 Å². The Bertz CT molecular complexity index is 567. The second-order valence-corrected chi connectivity index (χ2v) is 5.60. The summed E-state index contributed by atoms with van der Waals surface area (Å²) in [6, 6.07) is 7.16. The van der Waals surface area contributed by atoms with Gasteiger partial charge in [-0.2, -0.15) is 0 Å². The maximum absolute atomic E-state index is 6.12. The van der Waals surface area contributed by atoms with Crippen LogP contribution in [0.15, 0.2) is 30.6 Å². The fraction of sp³-hybridized carbons (Fsp3) is 0.286. The summed E-state index contributed by atoms with van der Waals surface area (Å²) in [6.07, 6.45) is 1.50. The molecule has 0 radical (unpaired) electrons. The number of nitrogens with one attached hydrogen (secondary N) is 2. The zero-order chi connectivity index (χ0) is 14.5. The molecule has 1 aromatic carbocycles. The summed E-state index contributed by atoms with van der Waals surface area (Å²) < 4.78 is 0. The maximum Gasteiger partial charge on any atom is 0.135 e. The van der Waals surface area contributed by atoms with E-state index in [-0.39, 0.29) is 0 Å². The largest absolute Gasteiger partial charge is 0.370 e. The van der Waals surface area contributed by atoms with E-state index in [0.717, 1.165) is 12.4 Å². The number of anilines is 3. The Hall–Kier alpha value is -1.52. The Morgan fingerprint density at radius 2 is 1.75 bits per heavy atom. The van der Waals surface area contributed by atoms with Crippen molar-refractivity contribution in [1.82, 2.24) is 9.97 Å². The molecule has 106 valence electrons. The molecule has 0 fully saturated rings. The number of para-hydroxylation sites is 1. The number of nitrogens with zero attached hydrogens (tertiary/aromatic N) is 2. The normalized spacial score (nSPS) is 10.7. The molecule has 1 heterocycles. The minimum absolute atomic E-state index is 0.541. The van der Waals surface area contributed by atoms with Crippen molar-refractivity contribution in [3.63, 3.8) is 0 Å². The molecule has 0 unspecified atom stereocenters. The summed E-state index contributed by atoms with van der Waals surface area (Å²) in [5.41, 5.74) is 0.643. The number of halogens is 2. The monoisotopic (exact) mass is 310 g/mol. The van der Waals surface area contributed by atoms with Gasteiger partial charge in [0, 0.05) is 12.6 Å². The molecule has 6 heteroatoms. The molecule has 0 aliphatic heterocycles. The lowest BCUT2D eigenvalue weighted by molar-refractivity contribution is 0.687. The van der Waals surface area contributed by atoms with Gasteiger partial charge in [-0.05, 0) is 18.1 Å². The van der Waals surface area contributed by atoms with Crippen molar-refractivity contribution in [2.75, 3.05) is 17.2 Å². The highest BCUT2D eigenvalue weighted by Crippen LogP contribution is 2.32. The zero-order valence-electron chi connectivity index (χ0n) is 11.3. The SMILES string of the molecule is CC(C)CNc1cc(Nc2c(Cl)cccc2Cl)ncn1. The Labute approximate surface area is 128 Å². The van der Waals surface area contributed by atoms with Gasteiger partial charge in [-0.1, -0.05) is 43.1 Å². The van der Waals surface area contributed by atoms with Crippen LogP contribution in [0.25, 0.3) is 0 Å². The van der Waals surface area contributed by atoms with Gasteiger partial charge in [0.2, 0.25) is 0 Å². The van der Waals surface area contributed by atoms with Gasteiger partial charge in [0.25, 0.3) is 0 Å². The van der Waals surface area contributed by atoms with Crippen LogP contribution in [-0.4, -0.2) is 16.5 Å². The van der Waals surface area contributed by atoms with Crippen molar-refractivity contribution >= 4 is 40.5 Å². The molecule has 4 nitrogen and oxygen atoms in total. The molecule has 0 saturated carbocycles. The van der Waals surface area contributed by atoms with Gasteiger partial charge in [-0.15, -0.1) is 0 Å². The van der Waals surface area contributed by atoms with Crippen LogP contribution in [0.5, 0.6) is 0 Å². The van der Waals surface area contributed by atoms with Crippen LogP contribution < -0.4 is 10.6 Å². The van der Waals surface area contributed by atoms with Crippen molar-refractivity contribution in [1.29, 1.82) is 0 Å². The second-order valence-electron chi connectivity index (χ2n) is 4.78. The highest BCUT2D eigenvalue weighted by atomic mass is 35.5. The summed E-state index contributed by atoms with van der Waals surface area (Å²) in [5, 5.41) is 7.45. The number of aromatic nitrogens is 2. The molecule has 0 bridgehead atoms. The summed E-state index contributed by atoms with van der Waals surface area (Å²) >= 11 is 12.2. The van der Waals surface area contributed by atoms with E-state index in [9.17, 15) is 0 Å². The lowest BCUT2D eigenvalue weighted by Crippen LogP contribution is -2.09. The third-order valence-electron chi connectivity index (χ3n) is 2.57. The Kier molecular flexibility index (Phi) is 5.04. The third-order valence-corrected chi connectivity index (χ3v) is 3.20. The smallest absolute Gasteiger partial charge is 0.135 e. The first-order valence-electron chi connectivity index (χ1n) is 6.33. The van der Waals surface area contributed by atoms with Gasteiger partial charge < -0.3 is 10.6 Å². The van der Waals surface area contributed by atoms with Gasteiger partial charge in [0.05, 0.1) is 15.7 Å². The number of hydrogen-bond acceptors (Lipinski definition) is 4. The van der Waals surface area contributed by atoms with E-state index in [2.05, 4.69) is 34.4 Å². The first kappa shape index (κ1) is 14.9. The molecule has 2 rings (SSSR count). The summed E-state index contributed by atoms with van der Waals surface area (Å²) in [7, 11) is 0. The lowest BCUT2D eigenvalue weighted by Gasteiger charge is -2.11. The second kappa shape index (κ2) is 6.77. The van der Waals surface area contributed by atoms with Crippen molar-refractivity contribution in [3.8, 4) is 0 Å². The van der Waals surface area contributed by atoms with Crippen molar-refractivity contribution < 1.29 is 0 Å². The van der Waals surface area contributed by atoms with Crippen LogP contribution in [-0.2, 0) is 0 Å². The summed E-state index contributed by atoms with van der Waals surface area (Å²) in [6.45, 7) is 5.12. The van der Waals surface area contributed by atoms with Crippen LogP contribution in [0.4, 0.5) is 17.3 Å². The van der Waals surface area contributed by atoms with E-state index in [1.807, 2.05) is 6.07 Å². The first-order valence-corrected chi connectivity index (χ1v) is 7.09. The van der Waals surface area contributed by atoms with Crippen LogP contribution >= 0.6 is 23.2 Å². The van der Waals surface area contributed by atoms with Gasteiger partial charge >= 0.3 is 0 Å². The zero-order valence-corrected chi connectivity index (χ0v) is 12.8. The third kappa shape index (κ3) is 3.99. The van der Waals surface area contributed by atoms with Crippen molar-refractivity contribution in [3.05, 3.63) is 40.6 Å². The predicted octanol–water partition coefficient (Wildman–Crippen LogP) is 4.59. The lowest BCUT2D eigenvalue weighted by atomic mass is 10.2. The van der Waals surface area contributed by atoms with Gasteiger partial charge in [-0.3, -0.25) is 0 Å². The Balaban J connectivity index is 2.15. The average Bonchev–Trinajstić information content (AvgIpc) is 2.41. The van der Waals surface area contributed by atoms with Gasteiger partial charge in [-0.25, -0.2) is 9.97 Å². The molecular formula is C14H16Cl2N4. The van der Waals surface area contributed by atoms with Crippen LogP contribution in [0, 0.1) is 5.92 Å². The number of benzene rings is 1. The minimum Gasteiger partial charge on any atom is -0.370 e. The van der Waals surface area contributed by atoms with Crippen LogP contribution in [0.1, 0.15) is 13.8 Å². The molecule has 0 aliphatic carbocycles. The fourth-order valence-corrected chi connectivity index (χ4v) is 2.07. The fourth-order valence-electron chi connectivity index (χ4n) is 1.58. The highest BCUT2D eigenvalue weighted by molar-refractivity contribution is 6.39. The molecule has 0 saturated heterocycles. The summed E-state index contributed by atoms with van der Waals surface area (Å²) in [5.74, 6) is 1.94. The molecular weight excluding hydrogens is 295 g/mol. The Morgan fingerprint density at radius 3 is 2.40 bits per heavy atom. The number of hydrogen-bond donors (Lipinski definition) is 2. The van der Waals surface area contributed by atoms with E-state index in [4.69, 9.17) is 23.2 Å². The van der Waals surface area contributed by atoms with E-state index in [1.165, 1.54) is 6.33 Å². The standard InChI is InChI=1S/C14H16Cl2N4/c1-9(2)7-17-12-6-13(19-8-18-12)20-14-10(15)4-3-5-11(14)16/h3-6,8-9H,7H2,1-2H3,(H2,17,18,19,20). The summed E-state index contributed by atoms with van der Waals surface area (Å²) in [4.78, 5) is 8.33. The highest BCUT2D eigenvalue weighted by Gasteiger charge is 2.07. The molecule has 0 amide bonds.